The number of nitrogens with one attached hydrogen (secondary N) is 1. The van der Waals surface area contributed by atoms with E-state index in [0.29, 0.717) is 21.9 Å². The summed E-state index contributed by atoms with van der Waals surface area (Å²) in [6.45, 7) is 3.05. The Morgan fingerprint density at radius 1 is 1.59 bits per heavy atom. The summed E-state index contributed by atoms with van der Waals surface area (Å²) < 4.78 is 6.92. The van der Waals surface area contributed by atoms with Gasteiger partial charge in [-0.2, -0.15) is 0 Å². The van der Waals surface area contributed by atoms with E-state index in [4.69, 9.17) is 27.9 Å². The predicted molar refractivity (Wildman–Crippen MR) is 72.2 cm³/mol. The molecule has 5 heteroatoms. The van der Waals surface area contributed by atoms with Gasteiger partial charge in [0.05, 0.1) is 15.9 Å². The number of ether oxygens (including phenoxy) is 1. The van der Waals surface area contributed by atoms with Gasteiger partial charge in [0.25, 0.3) is 0 Å². The van der Waals surface area contributed by atoms with Crippen LogP contribution in [0.25, 0.3) is 0 Å². The van der Waals surface area contributed by atoms with Crippen LogP contribution in [-0.2, 0) is 10.3 Å². The fourth-order valence-electron chi connectivity index (χ4n) is 2.85. The standard InChI is InChI=1S/C12H14Cl2NOP/c1-2-10-9-4-12(16-10,6-15-9)7-3-8(13)11(14)17-5-7/h3,5,9-10,15H,2,4,6H2,1H3. The molecule has 0 aliphatic carbocycles. The molecule has 0 amide bonds. The van der Waals surface area contributed by atoms with Crippen molar-refractivity contribution in [2.75, 3.05) is 6.54 Å². The van der Waals surface area contributed by atoms with Crippen molar-refractivity contribution >= 4 is 31.4 Å². The minimum atomic E-state index is -0.171. The molecule has 2 nitrogen and oxygen atoms in total. The molecule has 2 aliphatic heterocycles. The highest BCUT2D eigenvalue weighted by Crippen LogP contribution is 2.46. The van der Waals surface area contributed by atoms with Gasteiger partial charge < -0.3 is 10.1 Å². The molecule has 1 aromatic rings. The smallest absolute Gasteiger partial charge is 0.108 e. The van der Waals surface area contributed by atoms with Crippen LogP contribution in [0.3, 0.4) is 0 Å². The molecule has 2 fully saturated rings. The second-order valence-electron chi connectivity index (χ2n) is 4.75. The molecule has 0 radical (unpaired) electrons. The first-order chi connectivity index (χ1) is 8.14. The van der Waals surface area contributed by atoms with Gasteiger partial charge in [-0.15, -0.1) is 0 Å². The third kappa shape index (κ3) is 1.91. The zero-order chi connectivity index (χ0) is 12.0. The number of hydrogen-bond acceptors (Lipinski definition) is 2. The quantitative estimate of drug-likeness (QED) is 0.890. The minimum Gasteiger partial charge on any atom is -0.364 e. The topological polar surface area (TPSA) is 21.3 Å². The Labute approximate surface area is 113 Å². The van der Waals surface area contributed by atoms with E-state index in [9.17, 15) is 0 Å². The van der Waals surface area contributed by atoms with E-state index in [1.54, 1.807) is 0 Å². The Balaban J connectivity index is 1.96. The van der Waals surface area contributed by atoms with Gasteiger partial charge in [0.2, 0.25) is 0 Å². The van der Waals surface area contributed by atoms with Gasteiger partial charge in [-0.3, -0.25) is 0 Å². The van der Waals surface area contributed by atoms with Crippen molar-refractivity contribution < 1.29 is 4.74 Å². The second kappa shape index (κ2) is 4.36. The average Bonchev–Trinajstić information content (AvgIpc) is 2.91. The summed E-state index contributed by atoms with van der Waals surface area (Å²) in [4.78, 5) is 0. The molecule has 0 saturated carbocycles. The maximum absolute atomic E-state index is 6.23. The summed E-state index contributed by atoms with van der Waals surface area (Å²) in [6.07, 6.45) is 2.43. The third-order valence-electron chi connectivity index (χ3n) is 3.75. The van der Waals surface area contributed by atoms with Crippen LogP contribution in [-0.4, -0.2) is 18.7 Å². The lowest BCUT2D eigenvalue weighted by Crippen LogP contribution is -2.43. The van der Waals surface area contributed by atoms with E-state index in [-0.39, 0.29) is 5.60 Å². The Hall–Kier alpha value is 0.150. The number of rotatable bonds is 2. The van der Waals surface area contributed by atoms with Crippen LogP contribution in [0.5, 0.6) is 0 Å². The number of halogens is 2. The van der Waals surface area contributed by atoms with Gasteiger partial charge in [0.1, 0.15) is 5.60 Å². The lowest BCUT2D eigenvalue weighted by Gasteiger charge is -2.31. The van der Waals surface area contributed by atoms with Crippen LogP contribution in [0.2, 0.25) is 9.78 Å². The number of fused-ring (bicyclic) bond motifs is 2. The first-order valence-corrected chi connectivity index (χ1v) is 7.59. The maximum Gasteiger partial charge on any atom is 0.108 e. The zero-order valence-electron chi connectivity index (χ0n) is 9.54. The van der Waals surface area contributed by atoms with Gasteiger partial charge in [0.15, 0.2) is 0 Å². The highest BCUT2D eigenvalue weighted by Gasteiger charge is 2.52. The molecule has 17 heavy (non-hydrogen) atoms. The van der Waals surface area contributed by atoms with E-state index in [2.05, 4.69) is 18.0 Å². The molecule has 92 valence electrons. The SMILES string of the molecule is CCC1OC2(c3cpc(Cl)c(Cl)c3)CNC1C2. The van der Waals surface area contributed by atoms with E-state index < -0.39 is 0 Å². The molecule has 0 aromatic carbocycles. The van der Waals surface area contributed by atoms with Gasteiger partial charge >= 0.3 is 0 Å². The van der Waals surface area contributed by atoms with Crippen LogP contribution in [0, 0.1) is 0 Å². The van der Waals surface area contributed by atoms with Gasteiger partial charge in [-0.25, -0.2) is 0 Å². The molecule has 3 rings (SSSR count). The van der Waals surface area contributed by atoms with Crippen molar-refractivity contribution in [3.8, 4) is 0 Å². The summed E-state index contributed by atoms with van der Waals surface area (Å²) in [5.74, 6) is 2.12. The van der Waals surface area contributed by atoms with Crippen molar-refractivity contribution in [3.63, 3.8) is 0 Å². The molecular weight excluding hydrogens is 276 g/mol. The van der Waals surface area contributed by atoms with E-state index >= 15 is 0 Å². The summed E-state index contributed by atoms with van der Waals surface area (Å²) in [7, 11) is 0.972. The van der Waals surface area contributed by atoms with E-state index in [1.807, 2.05) is 6.07 Å². The fourth-order valence-corrected chi connectivity index (χ4v) is 4.06. The summed E-state index contributed by atoms with van der Waals surface area (Å²) in [5, 5.41) is 4.19. The largest absolute Gasteiger partial charge is 0.364 e. The monoisotopic (exact) mass is 289 g/mol. The first-order valence-electron chi connectivity index (χ1n) is 5.87. The van der Waals surface area contributed by atoms with Crippen molar-refractivity contribution in [1.82, 2.24) is 5.32 Å². The predicted octanol–water partition coefficient (Wildman–Crippen LogP) is 3.94. The molecule has 3 atom stereocenters. The van der Waals surface area contributed by atoms with Crippen molar-refractivity contribution in [2.45, 2.75) is 37.5 Å². The van der Waals surface area contributed by atoms with Crippen LogP contribution in [0.4, 0.5) is 0 Å². The Kier molecular flexibility index (Phi) is 3.13. The summed E-state index contributed by atoms with van der Waals surface area (Å²) in [6, 6.07) is 2.45. The molecule has 3 unspecified atom stereocenters. The Morgan fingerprint density at radius 3 is 3.06 bits per heavy atom. The lowest BCUT2D eigenvalue weighted by molar-refractivity contribution is -0.0638. The minimum absolute atomic E-state index is 0.171. The van der Waals surface area contributed by atoms with Gasteiger partial charge in [-0.05, 0) is 30.3 Å². The lowest BCUT2D eigenvalue weighted by atomic mass is 9.95. The highest BCUT2D eigenvalue weighted by atomic mass is 35.5. The summed E-state index contributed by atoms with van der Waals surface area (Å²) >= 11 is 12.1. The van der Waals surface area contributed by atoms with Crippen LogP contribution < -0.4 is 5.32 Å². The molecule has 0 spiro atoms. The molecule has 2 bridgehead atoms. The molecule has 1 N–H and O–H groups in total. The van der Waals surface area contributed by atoms with Gasteiger partial charge in [0, 0.05) is 12.6 Å². The van der Waals surface area contributed by atoms with E-state index in [0.717, 1.165) is 27.6 Å². The summed E-state index contributed by atoms with van der Waals surface area (Å²) in [5.41, 5.74) is 1.01. The highest BCUT2D eigenvalue weighted by molar-refractivity contribution is 7.33. The molecule has 3 heterocycles. The van der Waals surface area contributed by atoms with Crippen LogP contribution >= 0.6 is 31.4 Å². The normalized spacial score (nSPS) is 35.9. The molecule has 2 saturated heterocycles. The Morgan fingerprint density at radius 2 is 2.41 bits per heavy atom. The second-order valence-corrected chi connectivity index (χ2v) is 6.76. The van der Waals surface area contributed by atoms with Crippen LogP contribution in [0.1, 0.15) is 25.3 Å². The fraction of sp³-hybridized carbons (Fsp3) is 0.583. The zero-order valence-corrected chi connectivity index (χ0v) is 11.9. The molecular formula is C12H14Cl2NOP. The third-order valence-corrected chi connectivity index (χ3v) is 5.65. The van der Waals surface area contributed by atoms with Gasteiger partial charge in [-0.1, -0.05) is 38.3 Å². The van der Waals surface area contributed by atoms with Crippen molar-refractivity contribution in [1.29, 1.82) is 0 Å². The molecule has 1 aromatic heterocycles. The first kappa shape index (κ1) is 12.2. The number of morpholine rings is 1. The van der Waals surface area contributed by atoms with Crippen LogP contribution in [0.15, 0.2) is 11.9 Å². The van der Waals surface area contributed by atoms with E-state index in [1.165, 1.54) is 5.56 Å². The molecule has 2 aliphatic rings. The van der Waals surface area contributed by atoms with Crippen molar-refractivity contribution in [3.05, 3.63) is 27.2 Å². The maximum atomic E-state index is 6.23. The van der Waals surface area contributed by atoms with Crippen molar-refractivity contribution in [2.24, 2.45) is 0 Å². The average molecular weight is 290 g/mol. The Bertz CT molecular complexity index is 456. The number of hydrogen-bond donors (Lipinski definition) is 1.